The molecule has 0 spiro atoms. The maximum absolute atomic E-state index is 6.14. The Balaban J connectivity index is 1.42. The molecule has 0 amide bonds. The molecular weight excluding hydrogens is 359 g/mol. The zero-order valence-electron chi connectivity index (χ0n) is 13.7. The third-order valence-corrected chi connectivity index (χ3v) is 7.20. The van der Waals surface area contributed by atoms with E-state index in [9.17, 15) is 0 Å². The first-order valence-electron chi connectivity index (χ1n) is 8.85. The molecule has 4 rings (SSSR count). The first-order valence-corrected chi connectivity index (χ1v) is 10.5. The van der Waals surface area contributed by atoms with Crippen molar-refractivity contribution < 1.29 is 0 Å². The molecule has 1 aromatic heterocycles. The van der Waals surface area contributed by atoms with E-state index in [0.717, 1.165) is 17.3 Å². The van der Waals surface area contributed by atoms with Gasteiger partial charge in [-0.1, -0.05) is 42.1 Å². The molecule has 2 aromatic rings. The molecule has 1 saturated carbocycles. The van der Waals surface area contributed by atoms with E-state index in [4.69, 9.17) is 28.2 Å². The predicted octanol–water partition coefficient (Wildman–Crippen LogP) is 6.24. The Labute approximate surface area is 157 Å². The van der Waals surface area contributed by atoms with E-state index < -0.39 is 0 Å². The second-order valence-electron chi connectivity index (χ2n) is 6.95. The van der Waals surface area contributed by atoms with Crippen LogP contribution in [0.15, 0.2) is 23.6 Å². The number of halogens is 2. The van der Waals surface area contributed by atoms with Crippen LogP contribution in [-0.4, -0.2) is 29.0 Å². The van der Waals surface area contributed by atoms with Crippen molar-refractivity contribution in [1.82, 2.24) is 9.88 Å². The molecule has 0 radical (unpaired) electrons. The monoisotopic (exact) mass is 380 g/mol. The van der Waals surface area contributed by atoms with Gasteiger partial charge in [-0.05, 0) is 50.9 Å². The van der Waals surface area contributed by atoms with Gasteiger partial charge < -0.3 is 4.90 Å². The predicted molar refractivity (Wildman–Crippen MR) is 103 cm³/mol. The Bertz CT molecular complexity index is 701. The van der Waals surface area contributed by atoms with Gasteiger partial charge in [-0.15, -0.1) is 11.3 Å². The summed E-state index contributed by atoms with van der Waals surface area (Å²) in [5.41, 5.74) is 2.07. The van der Waals surface area contributed by atoms with Crippen molar-refractivity contribution >= 4 is 34.5 Å². The molecule has 2 heterocycles. The van der Waals surface area contributed by atoms with Crippen LogP contribution in [0.1, 0.15) is 49.5 Å². The number of piperidine rings is 1. The molecule has 0 atom stereocenters. The van der Waals surface area contributed by atoms with Gasteiger partial charge in [-0.25, -0.2) is 4.98 Å². The fraction of sp³-hybridized carbons (Fsp3) is 0.526. The van der Waals surface area contributed by atoms with Crippen LogP contribution in [-0.2, 0) is 0 Å². The van der Waals surface area contributed by atoms with Crippen LogP contribution in [0, 0.1) is 0 Å². The molecule has 0 N–H and O–H groups in total. The minimum atomic E-state index is 0.591. The number of hydrogen-bond donors (Lipinski definition) is 0. The zero-order valence-corrected chi connectivity index (χ0v) is 16.0. The highest BCUT2D eigenvalue weighted by Crippen LogP contribution is 2.36. The summed E-state index contributed by atoms with van der Waals surface area (Å²) < 4.78 is 0. The van der Waals surface area contributed by atoms with Crippen LogP contribution < -0.4 is 0 Å². The molecule has 0 bridgehead atoms. The van der Waals surface area contributed by atoms with Gasteiger partial charge in [-0.2, -0.15) is 0 Å². The molecule has 128 valence electrons. The number of rotatable bonds is 3. The summed E-state index contributed by atoms with van der Waals surface area (Å²) in [5.74, 6) is 0.615. The Morgan fingerprint density at radius 3 is 2.46 bits per heavy atom. The molecule has 1 saturated heterocycles. The number of likely N-dealkylation sites (tertiary alicyclic amines) is 1. The molecule has 1 aromatic carbocycles. The maximum Gasteiger partial charge on any atom is 0.0964 e. The Morgan fingerprint density at radius 1 is 1.00 bits per heavy atom. The Morgan fingerprint density at radius 2 is 1.75 bits per heavy atom. The van der Waals surface area contributed by atoms with Gasteiger partial charge in [-0.3, -0.25) is 0 Å². The topological polar surface area (TPSA) is 16.1 Å². The lowest BCUT2D eigenvalue weighted by molar-refractivity contribution is 0.154. The molecule has 2 aliphatic rings. The van der Waals surface area contributed by atoms with Crippen LogP contribution in [0.4, 0.5) is 0 Å². The second kappa shape index (κ2) is 7.33. The SMILES string of the molecule is Clc1ccc(-c2csc(C3CCN(C4CCCC4)CC3)n2)cc1Cl. The summed E-state index contributed by atoms with van der Waals surface area (Å²) in [5, 5.41) is 4.61. The van der Waals surface area contributed by atoms with Crippen molar-refractivity contribution in [2.45, 2.75) is 50.5 Å². The average Bonchev–Trinajstić information content (AvgIpc) is 3.29. The first kappa shape index (κ1) is 16.8. The summed E-state index contributed by atoms with van der Waals surface area (Å²) in [6.07, 6.45) is 8.14. The number of aromatic nitrogens is 1. The van der Waals surface area contributed by atoms with Crippen molar-refractivity contribution in [2.24, 2.45) is 0 Å². The first-order chi connectivity index (χ1) is 11.7. The van der Waals surface area contributed by atoms with Crippen LogP contribution in [0.3, 0.4) is 0 Å². The van der Waals surface area contributed by atoms with Gasteiger partial charge in [0.25, 0.3) is 0 Å². The molecule has 2 nitrogen and oxygen atoms in total. The lowest BCUT2D eigenvalue weighted by Crippen LogP contribution is -2.39. The largest absolute Gasteiger partial charge is 0.300 e. The van der Waals surface area contributed by atoms with E-state index in [1.54, 1.807) is 11.3 Å². The standard InChI is InChI=1S/C19H22Cl2N2S/c20-16-6-5-14(11-17(16)21)18-12-24-19(22-18)13-7-9-23(10-8-13)15-3-1-2-4-15/h5-6,11-13,15H,1-4,7-10H2. The lowest BCUT2D eigenvalue weighted by Gasteiger charge is -2.35. The van der Waals surface area contributed by atoms with Crippen molar-refractivity contribution in [3.05, 3.63) is 38.6 Å². The van der Waals surface area contributed by atoms with Crippen LogP contribution in [0.25, 0.3) is 11.3 Å². The van der Waals surface area contributed by atoms with E-state index in [-0.39, 0.29) is 0 Å². The smallest absolute Gasteiger partial charge is 0.0964 e. The second-order valence-corrected chi connectivity index (χ2v) is 8.65. The maximum atomic E-state index is 6.14. The van der Waals surface area contributed by atoms with Gasteiger partial charge in [0, 0.05) is 22.9 Å². The summed E-state index contributed by atoms with van der Waals surface area (Å²) in [4.78, 5) is 7.62. The minimum Gasteiger partial charge on any atom is -0.300 e. The van der Waals surface area contributed by atoms with Gasteiger partial charge in [0.2, 0.25) is 0 Å². The number of thiazole rings is 1. The third-order valence-electron chi connectivity index (χ3n) is 5.46. The molecule has 0 unspecified atom stereocenters. The average molecular weight is 381 g/mol. The third kappa shape index (κ3) is 3.50. The highest BCUT2D eigenvalue weighted by atomic mass is 35.5. The highest BCUT2D eigenvalue weighted by Gasteiger charge is 2.28. The van der Waals surface area contributed by atoms with E-state index in [0.29, 0.717) is 16.0 Å². The van der Waals surface area contributed by atoms with Gasteiger partial charge in [0.05, 0.1) is 20.7 Å². The Hall–Kier alpha value is -0.610. The fourth-order valence-electron chi connectivity index (χ4n) is 4.04. The molecule has 5 heteroatoms. The fourth-order valence-corrected chi connectivity index (χ4v) is 5.34. The van der Waals surface area contributed by atoms with Crippen LogP contribution in [0.2, 0.25) is 10.0 Å². The zero-order chi connectivity index (χ0) is 16.5. The number of hydrogen-bond acceptors (Lipinski definition) is 3. The van der Waals surface area contributed by atoms with Crippen molar-refractivity contribution in [1.29, 1.82) is 0 Å². The normalized spacial score (nSPS) is 20.8. The van der Waals surface area contributed by atoms with E-state index in [1.165, 1.54) is 56.6 Å². The molecule has 24 heavy (non-hydrogen) atoms. The molecular formula is C19H22Cl2N2S. The summed E-state index contributed by atoms with van der Waals surface area (Å²) in [6.45, 7) is 2.47. The van der Waals surface area contributed by atoms with Gasteiger partial charge in [0.1, 0.15) is 0 Å². The van der Waals surface area contributed by atoms with Crippen molar-refractivity contribution in [2.75, 3.05) is 13.1 Å². The molecule has 1 aliphatic carbocycles. The van der Waals surface area contributed by atoms with Crippen LogP contribution in [0.5, 0.6) is 0 Å². The number of benzene rings is 1. The van der Waals surface area contributed by atoms with E-state index in [1.807, 2.05) is 18.2 Å². The Kier molecular flexibility index (Phi) is 5.14. The van der Waals surface area contributed by atoms with Gasteiger partial charge >= 0.3 is 0 Å². The van der Waals surface area contributed by atoms with E-state index in [2.05, 4.69) is 10.3 Å². The van der Waals surface area contributed by atoms with Gasteiger partial charge in [0.15, 0.2) is 0 Å². The van der Waals surface area contributed by atoms with Crippen molar-refractivity contribution in [3.8, 4) is 11.3 Å². The van der Waals surface area contributed by atoms with Crippen LogP contribution >= 0.6 is 34.5 Å². The molecule has 2 fully saturated rings. The molecule has 1 aliphatic heterocycles. The summed E-state index contributed by atoms with van der Waals surface area (Å²) >= 11 is 13.9. The van der Waals surface area contributed by atoms with Crippen molar-refractivity contribution in [3.63, 3.8) is 0 Å². The minimum absolute atomic E-state index is 0.591. The summed E-state index contributed by atoms with van der Waals surface area (Å²) in [7, 11) is 0. The number of nitrogens with zero attached hydrogens (tertiary/aromatic N) is 2. The van der Waals surface area contributed by atoms with E-state index >= 15 is 0 Å². The highest BCUT2D eigenvalue weighted by molar-refractivity contribution is 7.10. The quantitative estimate of drug-likeness (QED) is 0.626. The lowest BCUT2D eigenvalue weighted by atomic mass is 9.96. The summed E-state index contributed by atoms with van der Waals surface area (Å²) in [6, 6.07) is 6.61.